The highest BCUT2D eigenvalue weighted by molar-refractivity contribution is 6.31. The van der Waals surface area contributed by atoms with E-state index < -0.39 is 0 Å². The summed E-state index contributed by atoms with van der Waals surface area (Å²) in [5, 5.41) is 0.686. The number of hydrogen-bond acceptors (Lipinski definition) is 2. The van der Waals surface area contributed by atoms with Gasteiger partial charge in [-0.25, -0.2) is 0 Å². The molecule has 0 heterocycles. The molecule has 1 aromatic carbocycles. The third kappa shape index (κ3) is 2.64. The Bertz CT molecular complexity index is 240. The van der Waals surface area contributed by atoms with Gasteiger partial charge < -0.3 is 11.5 Å². The van der Waals surface area contributed by atoms with Gasteiger partial charge in [-0.15, -0.1) is 12.4 Å². The summed E-state index contributed by atoms with van der Waals surface area (Å²) in [5.41, 5.74) is 12.0. The molecule has 1 atom stereocenters. The maximum atomic E-state index is 5.86. The molecular formula is C8H12Cl2N2. The average molecular weight is 207 g/mol. The SMILES string of the molecule is Cl.NC[C@H](N)c1ccccc1Cl. The lowest BCUT2D eigenvalue weighted by molar-refractivity contribution is 0.737. The van der Waals surface area contributed by atoms with Gasteiger partial charge in [0.05, 0.1) is 0 Å². The van der Waals surface area contributed by atoms with Crippen LogP contribution in [0.4, 0.5) is 0 Å². The quantitative estimate of drug-likeness (QED) is 0.775. The lowest BCUT2D eigenvalue weighted by Gasteiger charge is -2.09. The maximum absolute atomic E-state index is 5.86. The molecule has 1 aromatic rings. The van der Waals surface area contributed by atoms with Gasteiger partial charge in [0.15, 0.2) is 0 Å². The summed E-state index contributed by atoms with van der Waals surface area (Å²) in [7, 11) is 0. The van der Waals surface area contributed by atoms with Gasteiger partial charge in [0, 0.05) is 17.6 Å². The van der Waals surface area contributed by atoms with Crippen molar-refractivity contribution in [3.63, 3.8) is 0 Å². The Hall–Kier alpha value is -0.280. The van der Waals surface area contributed by atoms with Crippen molar-refractivity contribution in [3.8, 4) is 0 Å². The van der Waals surface area contributed by atoms with Crippen LogP contribution in [0.5, 0.6) is 0 Å². The third-order valence-corrected chi connectivity index (χ3v) is 1.90. The molecular weight excluding hydrogens is 195 g/mol. The van der Waals surface area contributed by atoms with Crippen molar-refractivity contribution in [1.82, 2.24) is 0 Å². The van der Waals surface area contributed by atoms with Crippen molar-refractivity contribution in [2.75, 3.05) is 6.54 Å². The number of halogens is 2. The largest absolute Gasteiger partial charge is 0.329 e. The second-order valence-electron chi connectivity index (χ2n) is 2.36. The van der Waals surface area contributed by atoms with Gasteiger partial charge in [-0.05, 0) is 11.6 Å². The first kappa shape index (κ1) is 11.7. The van der Waals surface area contributed by atoms with Crippen LogP contribution in [0, 0.1) is 0 Å². The van der Waals surface area contributed by atoms with Crippen molar-refractivity contribution in [2.45, 2.75) is 6.04 Å². The average Bonchev–Trinajstić information content (AvgIpc) is 2.04. The summed E-state index contributed by atoms with van der Waals surface area (Å²) < 4.78 is 0. The summed E-state index contributed by atoms with van der Waals surface area (Å²) in [6.45, 7) is 0.420. The van der Waals surface area contributed by atoms with Gasteiger partial charge >= 0.3 is 0 Å². The first-order chi connectivity index (χ1) is 5.25. The summed E-state index contributed by atoms with van der Waals surface area (Å²) in [5.74, 6) is 0. The minimum Gasteiger partial charge on any atom is -0.329 e. The van der Waals surface area contributed by atoms with E-state index in [1.807, 2.05) is 24.3 Å². The molecule has 0 aliphatic carbocycles. The highest BCUT2D eigenvalue weighted by Crippen LogP contribution is 2.19. The summed E-state index contributed by atoms with van der Waals surface area (Å²) in [6, 6.07) is 7.32. The van der Waals surface area contributed by atoms with E-state index in [1.54, 1.807) is 0 Å². The van der Waals surface area contributed by atoms with E-state index in [2.05, 4.69) is 0 Å². The predicted octanol–water partition coefficient (Wildman–Crippen LogP) is 1.72. The third-order valence-electron chi connectivity index (χ3n) is 1.56. The lowest BCUT2D eigenvalue weighted by atomic mass is 10.1. The van der Waals surface area contributed by atoms with Crippen LogP contribution in [0.1, 0.15) is 11.6 Å². The zero-order chi connectivity index (χ0) is 8.27. The lowest BCUT2D eigenvalue weighted by Crippen LogP contribution is -2.20. The van der Waals surface area contributed by atoms with Crippen LogP contribution in [-0.4, -0.2) is 6.54 Å². The van der Waals surface area contributed by atoms with E-state index >= 15 is 0 Å². The topological polar surface area (TPSA) is 52.0 Å². The van der Waals surface area contributed by atoms with Crippen LogP contribution < -0.4 is 11.5 Å². The number of rotatable bonds is 2. The summed E-state index contributed by atoms with van der Waals surface area (Å²) >= 11 is 5.86. The van der Waals surface area contributed by atoms with Crippen LogP contribution in [0.25, 0.3) is 0 Å². The molecule has 0 fully saturated rings. The Morgan fingerprint density at radius 1 is 1.33 bits per heavy atom. The van der Waals surface area contributed by atoms with E-state index in [4.69, 9.17) is 23.1 Å². The standard InChI is InChI=1S/C8H11ClN2.ClH/c9-7-4-2-1-3-6(7)8(11)5-10;/h1-4,8H,5,10-11H2;1H/t8-;/m0./s1. The van der Waals surface area contributed by atoms with Crippen LogP contribution in [0.15, 0.2) is 24.3 Å². The maximum Gasteiger partial charge on any atom is 0.0454 e. The molecule has 0 unspecified atom stereocenters. The molecule has 68 valence electrons. The highest BCUT2D eigenvalue weighted by Gasteiger charge is 2.05. The minimum atomic E-state index is -0.149. The van der Waals surface area contributed by atoms with Gasteiger partial charge in [-0.2, -0.15) is 0 Å². The molecule has 0 saturated carbocycles. The molecule has 2 nitrogen and oxygen atoms in total. The normalized spacial score (nSPS) is 11.9. The molecule has 4 heteroatoms. The van der Waals surface area contributed by atoms with Crippen molar-refractivity contribution in [1.29, 1.82) is 0 Å². The first-order valence-electron chi connectivity index (χ1n) is 3.45. The zero-order valence-corrected chi connectivity index (χ0v) is 8.11. The van der Waals surface area contributed by atoms with Crippen molar-refractivity contribution >= 4 is 24.0 Å². The highest BCUT2D eigenvalue weighted by atomic mass is 35.5. The zero-order valence-electron chi connectivity index (χ0n) is 6.53. The van der Waals surface area contributed by atoms with Gasteiger partial charge in [0.1, 0.15) is 0 Å². The number of hydrogen-bond donors (Lipinski definition) is 2. The number of nitrogens with two attached hydrogens (primary N) is 2. The van der Waals surface area contributed by atoms with Gasteiger partial charge in [-0.3, -0.25) is 0 Å². The molecule has 12 heavy (non-hydrogen) atoms. The van der Waals surface area contributed by atoms with E-state index in [-0.39, 0.29) is 18.4 Å². The Balaban J connectivity index is 0.00000121. The molecule has 0 radical (unpaired) electrons. The first-order valence-corrected chi connectivity index (χ1v) is 3.83. The number of benzene rings is 1. The molecule has 0 saturated heterocycles. The molecule has 0 amide bonds. The second-order valence-corrected chi connectivity index (χ2v) is 2.77. The molecule has 4 N–H and O–H groups in total. The minimum absolute atomic E-state index is 0. The summed E-state index contributed by atoms with van der Waals surface area (Å²) in [4.78, 5) is 0. The monoisotopic (exact) mass is 206 g/mol. The molecule has 0 bridgehead atoms. The van der Waals surface area contributed by atoms with Crippen molar-refractivity contribution in [3.05, 3.63) is 34.9 Å². The molecule has 0 spiro atoms. The fourth-order valence-corrected chi connectivity index (χ4v) is 1.18. The van der Waals surface area contributed by atoms with Gasteiger partial charge in [0.2, 0.25) is 0 Å². The molecule has 0 aliphatic rings. The van der Waals surface area contributed by atoms with Crippen molar-refractivity contribution < 1.29 is 0 Å². The van der Waals surface area contributed by atoms with Crippen LogP contribution in [-0.2, 0) is 0 Å². The van der Waals surface area contributed by atoms with Crippen LogP contribution >= 0.6 is 24.0 Å². The Labute approximate surface area is 83.3 Å². The van der Waals surface area contributed by atoms with Crippen LogP contribution in [0.3, 0.4) is 0 Å². The fourth-order valence-electron chi connectivity index (χ4n) is 0.903. The fraction of sp³-hybridized carbons (Fsp3) is 0.250. The second kappa shape index (κ2) is 5.38. The van der Waals surface area contributed by atoms with E-state index in [9.17, 15) is 0 Å². The van der Waals surface area contributed by atoms with Gasteiger partial charge in [0.25, 0.3) is 0 Å². The van der Waals surface area contributed by atoms with Crippen LogP contribution in [0.2, 0.25) is 5.02 Å². The van der Waals surface area contributed by atoms with E-state index in [1.165, 1.54) is 0 Å². The molecule has 0 aromatic heterocycles. The van der Waals surface area contributed by atoms with Gasteiger partial charge in [-0.1, -0.05) is 29.8 Å². The smallest absolute Gasteiger partial charge is 0.0454 e. The van der Waals surface area contributed by atoms with E-state index in [0.717, 1.165) is 5.56 Å². The summed E-state index contributed by atoms with van der Waals surface area (Å²) in [6.07, 6.45) is 0. The van der Waals surface area contributed by atoms with E-state index in [0.29, 0.717) is 11.6 Å². The Morgan fingerprint density at radius 2 is 1.92 bits per heavy atom. The van der Waals surface area contributed by atoms with Crippen molar-refractivity contribution in [2.24, 2.45) is 11.5 Å². The Kier molecular flexibility index (Phi) is 5.25. The predicted molar refractivity (Wildman–Crippen MR) is 54.7 cm³/mol. The molecule has 0 aliphatic heterocycles. The molecule has 1 rings (SSSR count). The Morgan fingerprint density at radius 3 is 2.42 bits per heavy atom.